The third-order valence-corrected chi connectivity index (χ3v) is 4.55. The normalized spacial score (nSPS) is 24.5. The SMILES string of the molecule is C=S(c1ccccc1)C1CCNC1. The molecule has 1 aliphatic rings. The molecule has 1 heterocycles. The van der Waals surface area contributed by atoms with E-state index >= 15 is 0 Å². The summed E-state index contributed by atoms with van der Waals surface area (Å²) < 4.78 is 0. The molecule has 1 aromatic carbocycles. The average Bonchev–Trinajstić information content (AvgIpc) is 2.71. The summed E-state index contributed by atoms with van der Waals surface area (Å²) in [5, 5.41) is 4.14. The summed E-state index contributed by atoms with van der Waals surface area (Å²) in [6.45, 7) is 2.30. The molecule has 2 heteroatoms. The molecule has 1 N–H and O–H groups in total. The first kappa shape index (κ1) is 8.97. The van der Waals surface area contributed by atoms with Crippen LogP contribution in [0.2, 0.25) is 0 Å². The molecule has 13 heavy (non-hydrogen) atoms. The van der Waals surface area contributed by atoms with Crippen LogP contribution in [0.25, 0.3) is 0 Å². The van der Waals surface area contributed by atoms with Crippen LogP contribution in [0.4, 0.5) is 0 Å². The van der Waals surface area contributed by atoms with Crippen LogP contribution in [0.3, 0.4) is 0 Å². The molecule has 1 aliphatic heterocycles. The van der Waals surface area contributed by atoms with Gasteiger partial charge in [-0.2, -0.15) is 10.5 Å². The van der Waals surface area contributed by atoms with Crippen LogP contribution >= 0.6 is 10.5 Å². The van der Waals surface area contributed by atoms with Gasteiger partial charge in [0.2, 0.25) is 0 Å². The molecular weight excluding hydrogens is 178 g/mol. The first-order valence-electron chi connectivity index (χ1n) is 4.66. The van der Waals surface area contributed by atoms with Crippen LogP contribution in [-0.2, 0) is 0 Å². The van der Waals surface area contributed by atoms with E-state index in [9.17, 15) is 0 Å². The Hall–Kier alpha value is -0.600. The number of rotatable bonds is 2. The van der Waals surface area contributed by atoms with E-state index in [2.05, 4.69) is 41.5 Å². The summed E-state index contributed by atoms with van der Waals surface area (Å²) in [6, 6.07) is 10.6. The smallest absolute Gasteiger partial charge is 0.0173 e. The Morgan fingerprint density at radius 2 is 2.08 bits per heavy atom. The van der Waals surface area contributed by atoms with Gasteiger partial charge in [0.1, 0.15) is 0 Å². The predicted octanol–water partition coefficient (Wildman–Crippen LogP) is 2.11. The largest absolute Gasteiger partial charge is 0.316 e. The van der Waals surface area contributed by atoms with Crippen molar-refractivity contribution in [3.8, 4) is 0 Å². The molecule has 0 aliphatic carbocycles. The fourth-order valence-electron chi connectivity index (χ4n) is 1.66. The quantitative estimate of drug-likeness (QED) is 0.709. The summed E-state index contributed by atoms with van der Waals surface area (Å²) in [4.78, 5) is 1.40. The molecule has 0 bridgehead atoms. The van der Waals surface area contributed by atoms with Crippen LogP contribution in [0, 0.1) is 0 Å². The van der Waals surface area contributed by atoms with Crippen LogP contribution in [0.15, 0.2) is 35.2 Å². The molecule has 0 amide bonds. The van der Waals surface area contributed by atoms with Crippen molar-refractivity contribution in [2.75, 3.05) is 13.1 Å². The van der Waals surface area contributed by atoms with E-state index in [1.54, 1.807) is 0 Å². The Balaban J connectivity index is 2.13. The van der Waals surface area contributed by atoms with Crippen molar-refractivity contribution in [2.24, 2.45) is 0 Å². The van der Waals surface area contributed by atoms with E-state index in [0.29, 0.717) is 0 Å². The molecule has 2 rings (SSSR count). The van der Waals surface area contributed by atoms with Gasteiger partial charge in [-0.15, -0.1) is 0 Å². The van der Waals surface area contributed by atoms with Gasteiger partial charge in [0.15, 0.2) is 0 Å². The van der Waals surface area contributed by atoms with E-state index in [4.69, 9.17) is 0 Å². The summed E-state index contributed by atoms with van der Waals surface area (Å²) in [5.41, 5.74) is 0. The molecule has 2 unspecified atom stereocenters. The molecule has 0 spiro atoms. The second-order valence-corrected chi connectivity index (χ2v) is 5.35. The standard InChI is InChI=1S/C11H15NS/c1-13(11-7-8-12-9-11)10-5-3-2-4-6-10/h2-6,11-12H,1,7-9H2. The Morgan fingerprint density at radius 1 is 1.31 bits per heavy atom. The van der Waals surface area contributed by atoms with E-state index < -0.39 is 0 Å². The van der Waals surface area contributed by atoms with Crippen LogP contribution < -0.4 is 5.32 Å². The second kappa shape index (κ2) is 4.07. The maximum atomic E-state index is 4.28. The van der Waals surface area contributed by atoms with Gasteiger partial charge in [-0.3, -0.25) is 0 Å². The van der Waals surface area contributed by atoms with E-state index in [1.807, 2.05) is 0 Å². The minimum absolute atomic E-state index is 0.179. The van der Waals surface area contributed by atoms with Crippen molar-refractivity contribution in [1.82, 2.24) is 5.32 Å². The topological polar surface area (TPSA) is 12.0 Å². The van der Waals surface area contributed by atoms with Gasteiger partial charge in [-0.1, -0.05) is 24.1 Å². The number of nitrogens with one attached hydrogen (secondary N) is 1. The van der Waals surface area contributed by atoms with Crippen LogP contribution in [0.5, 0.6) is 0 Å². The van der Waals surface area contributed by atoms with Crippen molar-refractivity contribution < 1.29 is 0 Å². The summed E-state index contributed by atoms with van der Waals surface area (Å²) >= 11 is 0. The lowest BCUT2D eigenvalue weighted by molar-refractivity contribution is 0.858. The predicted molar refractivity (Wildman–Crippen MR) is 60.7 cm³/mol. The third-order valence-electron chi connectivity index (χ3n) is 2.46. The molecule has 1 nitrogen and oxygen atoms in total. The molecular formula is C11H15NS. The van der Waals surface area contributed by atoms with E-state index in [1.165, 1.54) is 11.3 Å². The minimum atomic E-state index is 0.179. The van der Waals surface area contributed by atoms with E-state index in [-0.39, 0.29) is 10.5 Å². The molecule has 1 fully saturated rings. The highest BCUT2D eigenvalue weighted by Gasteiger charge is 2.17. The zero-order valence-electron chi connectivity index (χ0n) is 7.70. The van der Waals surface area contributed by atoms with Gasteiger partial charge in [-0.25, -0.2) is 0 Å². The minimum Gasteiger partial charge on any atom is -0.316 e. The van der Waals surface area contributed by atoms with Crippen molar-refractivity contribution in [3.63, 3.8) is 0 Å². The van der Waals surface area contributed by atoms with Gasteiger partial charge in [-0.05, 0) is 25.1 Å². The summed E-state index contributed by atoms with van der Waals surface area (Å²) in [6.07, 6.45) is 1.28. The van der Waals surface area contributed by atoms with Gasteiger partial charge >= 0.3 is 0 Å². The van der Waals surface area contributed by atoms with Crippen LogP contribution in [0.1, 0.15) is 6.42 Å². The van der Waals surface area contributed by atoms with Crippen molar-refractivity contribution in [1.29, 1.82) is 0 Å². The van der Waals surface area contributed by atoms with Gasteiger partial charge in [0.05, 0.1) is 0 Å². The van der Waals surface area contributed by atoms with Crippen molar-refractivity contribution >= 4 is 16.4 Å². The third kappa shape index (κ3) is 2.01. The van der Waals surface area contributed by atoms with Gasteiger partial charge < -0.3 is 5.32 Å². The Morgan fingerprint density at radius 3 is 2.69 bits per heavy atom. The highest BCUT2D eigenvalue weighted by molar-refractivity contribution is 8.14. The average molecular weight is 193 g/mol. The van der Waals surface area contributed by atoms with Gasteiger partial charge in [0, 0.05) is 16.7 Å². The summed E-state index contributed by atoms with van der Waals surface area (Å²) in [7, 11) is 0.179. The highest BCUT2D eigenvalue weighted by Crippen LogP contribution is 2.32. The lowest BCUT2D eigenvalue weighted by Crippen LogP contribution is -2.11. The number of hydrogen-bond donors (Lipinski definition) is 1. The fraction of sp³-hybridized carbons (Fsp3) is 0.364. The Bertz CT molecular complexity index is 288. The van der Waals surface area contributed by atoms with Crippen molar-refractivity contribution in [2.45, 2.75) is 16.6 Å². The Labute approximate surface area is 82.1 Å². The molecule has 0 aromatic heterocycles. The number of hydrogen-bond acceptors (Lipinski definition) is 1. The zero-order chi connectivity index (χ0) is 9.10. The molecule has 1 saturated heterocycles. The van der Waals surface area contributed by atoms with Crippen molar-refractivity contribution in [3.05, 3.63) is 30.3 Å². The zero-order valence-corrected chi connectivity index (χ0v) is 8.52. The van der Waals surface area contributed by atoms with Crippen LogP contribution in [-0.4, -0.2) is 24.2 Å². The maximum Gasteiger partial charge on any atom is 0.0173 e. The molecule has 70 valence electrons. The lowest BCUT2D eigenvalue weighted by atomic mass is 10.4. The fourth-order valence-corrected chi connectivity index (χ4v) is 3.27. The van der Waals surface area contributed by atoms with E-state index in [0.717, 1.165) is 18.3 Å². The molecule has 1 aromatic rings. The highest BCUT2D eigenvalue weighted by atomic mass is 32.2. The second-order valence-electron chi connectivity index (χ2n) is 3.36. The first-order valence-corrected chi connectivity index (χ1v) is 6.12. The Kier molecular flexibility index (Phi) is 2.81. The monoisotopic (exact) mass is 193 g/mol. The summed E-state index contributed by atoms with van der Waals surface area (Å²) in [5.74, 6) is 4.28. The number of benzene rings is 1. The maximum absolute atomic E-state index is 4.28. The molecule has 0 saturated carbocycles. The lowest BCUT2D eigenvalue weighted by Gasteiger charge is -2.13. The van der Waals surface area contributed by atoms with Gasteiger partial charge in [0.25, 0.3) is 0 Å². The first-order chi connectivity index (χ1) is 6.38. The molecule has 2 atom stereocenters. The molecule has 0 radical (unpaired) electrons.